The van der Waals surface area contributed by atoms with Crippen molar-refractivity contribution in [3.8, 4) is 0 Å². The Morgan fingerprint density at radius 3 is 2.33 bits per heavy atom. The average molecular weight is 699 g/mol. The minimum atomic E-state index is -1.78. The molecule has 6 rings (SSSR count). The lowest BCUT2D eigenvalue weighted by Crippen LogP contribution is -2.65. The smallest absolute Gasteiger partial charge is 0.302 e. The van der Waals surface area contributed by atoms with E-state index in [0.717, 1.165) is 32.1 Å². The molecule has 4 aliphatic carbocycles. The number of allylic oxidation sites excluding steroid dienone is 1. The Hall–Kier alpha value is -1.56. The molecule has 2 saturated heterocycles. The van der Waals surface area contributed by atoms with Gasteiger partial charge in [0, 0.05) is 13.3 Å². The molecular weight excluding hydrogens is 644 g/mol. The summed E-state index contributed by atoms with van der Waals surface area (Å²) in [6.45, 7) is 6.45. The van der Waals surface area contributed by atoms with Crippen molar-refractivity contribution in [2.24, 2.45) is 34.5 Å². The Balaban J connectivity index is 1.17. The topological polar surface area (TPSA) is 222 Å². The maximum Gasteiger partial charge on any atom is 0.302 e. The molecule has 0 aromatic heterocycles. The molecule has 278 valence electrons. The molecule has 2 heterocycles. The van der Waals surface area contributed by atoms with Crippen LogP contribution in [0.2, 0.25) is 0 Å². The van der Waals surface area contributed by atoms with Crippen LogP contribution in [-0.4, -0.2) is 134 Å². The second kappa shape index (κ2) is 14.1. The highest BCUT2D eigenvalue weighted by molar-refractivity contribution is 5.91. The third-order valence-electron chi connectivity index (χ3n) is 13.2. The number of aliphatic hydroxyl groups is 7. The fourth-order valence-corrected chi connectivity index (χ4v) is 10.6. The van der Waals surface area contributed by atoms with Gasteiger partial charge in [0.1, 0.15) is 55.4 Å². The van der Waals surface area contributed by atoms with E-state index in [1.165, 1.54) is 12.5 Å². The molecule has 6 aliphatic rings. The Bertz CT molecular complexity index is 1260. The molecule has 2 aliphatic heterocycles. The van der Waals surface area contributed by atoms with E-state index in [4.69, 9.17) is 23.7 Å². The average Bonchev–Trinajstić information content (AvgIpc) is 3.34. The number of aliphatic hydroxyl groups excluding tert-OH is 7. The summed E-state index contributed by atoms with van der Waals surface area (Å²) in [6.07, 6.45) is -9.15. The molecule has 0 bridgehead atoms. The zero-order valence-electron chi connectivity index (χ0n) is 28.7. The van der Waals surface area contributed by atoms with Crippen LogP contribution in [0.15, 0.2) is 11.6 Å². The second-order valence-electron chi connectivity index (χ2n) is 15.8. The molecule has 14 heteroatoms. The standard InChI is InChI=1S/C35H54O14/c1-15(21-12-22(39)25-19-6-5-17-11-18(38)7-9-34(17,3)20(19)8-10-35(21,25)4)46-32-30(44)28(42)31(24(48-32)14-45-16(2)37)49-33-29(43)27(41)26(40)23(13-36)47-33/h11,15,19-33,36,39-44H,5-10,12-14H2,1-4H3/t15-,19-,20+,21-,22+,23-,24-,25-,26-,27+,28-,29-,30-,31-,32-,33+,34+,35-/m1/s1. The summed E-state index contributed by atoms with van der Waals surface area (Å²) in [5, 5.41) is 74.6. The third kappa shape index (κ3) is 6.54. The van der Waals surface area contributed by atoms with Crippen LogP contribution < -0.4 is 0 Å². The van der Waals surface area contributed by atoms with E-state index in [9.17, 15) is 45.3 Å². The summed E-state index contributed by atoms with van der Waals surface area (Å²) in [6, 6.07) is 0. The van der Waals surface area contributed by atoms with Crippen molar-refractivity contribution in [1.29, 1.82) is 0 Å². The first-order chi connectivity index (χ1) is 23.1. The van der Waals surface area contributed by atoms with Crippen molar-refractivity contribution in [2.75, 3.05) is 13.2 Å². The van der Waals surface area contributed by atoms with Crippen molar-refractivity contribution >= 4 is 11.8 Å². The van der Waals surface area contributed by atoms with Crippen molar-refractivity contribution in [3.63, 3.8) is 0 Å². The van der Waals surface area contributed by atoms with Gasteiger partial charge in [-0.15, -0.1) is 0 Å². The summed E-state index contributed by atoms with van der Waals surface area (Å²) in [5.74, 6) is 0.175. The maximum atomic E-state index is 12.2. The van der Waals surface area contributed by atoms with E-state index >= 15 is 0 Å². The SMILES string of the molecule is CC(=O)OC[C@H]1O[C@@H](O[C@H](C)[C@H]2C[C@H](O)[C@H]3[C@@H]4CCC5=CC(=O)CC[C@]5(C)[C@H]4CC[C@@]32C)[C@H](O)[C@@H](O)[C@@H]1O[C@@H]1O[C@H](CO)[C@@H](O)[C@H](O)[C@H]1O. The molecule has 3 saturated carbocycles. The predicted molar refractivity (Wildman–Crippen MR) is 168 cm³/mol. The highest BCUT2D eigenvalue weighted by Crippen LogP contribution is 2.67. The molecule has 49 heavy (non-hydrogen) atoms. The van der Waals surface area contributed by atoms with Crippen molar-refractivity contribution in [1.82, 2.24) is 0 Å². The first kappa shape index (κ1) is 37.2. The zero-order valence-corrected chi connectivity index (χ0v) is 28.7. The first-order valence-electron chi connectivity index (χ1n) is 17.8. The van der Waals surface area contributed by atoms with Gasteiger partial charge >= 0.3 is 5.97 Å². The lowest BCUT2D eigenvalue weighted by molar-refractivity contribution is -0.364. The quantitative estimate of drug-likeness (QED) is 0.162. The van der Waals surface area contributed by atoms with Crippen molar-refractivity contribution in [2.45, 2.75) is 146 Å². The number of ether oxygens (including phenoxy) is 5. The van der Waals surface area contributed by atoms with E-state index in [1.54, 1.807) is 0 Å². The number of ketones is 1. The van der Waals surface area contributed by atoms with Crippen LogP contribution in [0.4, 0.5) is 0 Å². The van der Waals surface area contributed by atoms with Crippen molar-refractivity contribution in [3.05, 3.63) is 11.6 Å². The van der Waals surface area contributed by atoms with Crippen molar-refractivity contribution < 1.29 is 69.0 Å². The molecule has 14 nitrogen and oxygen atoms in total. The van der Waals surface area contributed by atoms with Gasteiger partial charge < -0.3 is 59.4 Å². The van der Waals surface area contributed by atoms with Crippen LogP contribution in [0.1, 0.15) is 72.6 Å². The number of carbonyl (C=O) groups is 2. The molecule has 0 amide bonds. The summed E-state index contributed by atoms with van der Waals surface area (Å²) < 4.78 is 28.8. The molecular formula is C35H54O14. The molecule has 0 unspecified atom stereocenters. The van der Waals surface area contributed by atoms with Gasteiger partial charge in [0.15, 0.2) is 18.4 Å². The normalized spacial score (nSPS) is 50.5. The zero-order chi connectivity index (χ0) is 35.6. The van der Waals surface area contributed by atoms with E-state index in [2.05, 4.69) is 13.8 Å². The van der Waals surface area contributed by atoms with E-state index in [0.29, 0.717) is 24.7 Å². The minimum absolute atomic E-state index is 0.0362. The second-order valence-corrected chi connectivity index (χ2v) is 15.8. The van der Waals surface area contributed by atoms with Crippen LogP contribution in [0.5, 0.6) is 0 Å². The lowest BCUT2D eigenvalue weighted by Gasteiger charge is -2.58. The van der Waals surface area contributed by atoms with Gasteiger partial charge in [-0.25, -0.2) is 0 Å². The fraction of sp³-hybridized carbons (Fsp3) is 0.886. The molecule has 0 aromatic rings. The molecule has 0 radical (unpaired) electrons. The number of esters is 1. The molecule has 7 N–H and O–H groups in total. The van der Waals surface area contributed by atoms with Gasteiger partial charge in [0.25, 0.3) is 0 Å². The van der Waals surface area contributed by atoms with E-state index in [1.807, 2.05) is 13.0 Å². The minimum Gasteiger partial charge on any atom is -0.463 e. The predicted octanol–water partition coefficient (Wildman–Crippen LogP) is -0.295. The molecule has 5 fully saturated rings. The summed E-state index contributed by atoms with van der Waals surface area (Å²) in [4.78, 5) is 24.0. The Labute approximate surface area is 286 Å². The van der Waals surface area contributed by atoms with Gasteiger partial charge in [0.2, 0.25) is 0 Å². The highest BCUT2D eigenvalue weighted by atomic mass is 16.7. The van der Waals surface area contributed by atoms with Gasteiger partial charge in [-0.3, -0.25) is 9.59 Å². The van der Waals surface area contributed by atoms with Crippen LogP contribution in [-0.2, 0) is 33.3 Å². The lowest BCUT2D eigenvalue weighted by atomic mass is 9.46. The fourth-order valence-electron chi connectivity index (χ4n) is 10.6. The van der Waals surface area contributed by atoms with Crippen LogP contribution in [0.3, 0.4) is 0 Å². The summed E-state index contributed by atoms with van der Waals surface area (Å²) >= 11 is 0. The van der Waals surface area contributed by atoms with Gasteiger partial charge in [-0.05, 0) is 86.0 Å². The van der Waals surface area contributed by atoms with Gasteiger partial charge in [-0.1, -0.05) is 19.4 Å². The molecule has 0 aromatic carbocycles. The monoisotopic (exact) mass is 698 g/mol. The van der Waals surface area contributed by atoms with E-state index in [-0.39, 0.29) is 28.4 Å². The molecule has 18 atom stereocenters. The van der Waals surface area contributed by atoms with E-state index < -0.39 is 92.8 Å². The number of hydrogen-bond donors (Lipinski definition) is 7. The van der Waals surface area contributed by atoms with Crippen LogP contribution in [0.25, 0.3) is 0 Å². The number of carbonyl (C=O) groups excluding carboxylic acids is 2. The molecule has 0 spiro atoms. The highest BCUT2D eigenvalue weighted by Gasteiger charge is 2.63. The number of rotatable bonds is 8. The summed E-state index contributed by atoms with van der Waals surface area (Å²) in [7, 11) is 0. The maximum absolute atomic E-state index is 12.2. The summed E-state index contributed by atoms with van der Waals surface area (Å²) in [5.41, 5.74) is 0.944. The van der Waals surface area contributed by atoms with Gasteiger partial charge in [0.05, 0.1) is 18.8 Å². The Morgan fingerprint density at radius 2 is 1.63 bits per heavy atom. The number of hydrogen-bond acceptors (Lipinski definition) is 14. The Kier molecular flexibility index (Phi) is 10.7. The number of fused-ring (bicyclic) bond motifs is 5. The first-order valence-corrected chi connectivity index (χ1v) is 17.8. The third-order valence-corrected chi connectivity index (χ3v) is 13.2. The Morgan fingerprint density at radius 1 is 0.939 bits per heavy atom. The van der Waals surface area contributed by atoms with Crippen LogP contribution >= 0.6 is 0 Å². The van der Waals surface area contributed by atoms with Crippen LogP contribution in [0, 0.1) is 34.5 Å². The largest absolute Gasteiger partial charge is 0.463 e. The van der Waals surface area contributed by atoms with Gasteiger partial charge in [-0.2, -0.15) is 0 Å².